The first kappa shape index (κ1) is 30.7. The number of ether oxygens (including phenoxy) is 2. The molecule has 32 heavy (non-hydrogen) atoms. The molecule has 0 spiro atoms. The highest BCUT2D eigenvalue weighted by molar-refractivity contribution is 5.76. The topological polar surface area (TPSA) is 76.7 Å². The van der Waals surface area contributed by atoms with Crippen LogP contribution in [0.4, 0.5) is 4.79 Å². The van der Waals surface area contributed by atoms with Crippen molar-refractivity contribution in [1.82, 2.24) is 10.6 Å². The van der Waals surface area contributed by atoms with Gasteiger partial charge < -0.3 is 24.6 Å². The molecule has 0 radical (unpaired) electrons. The van der Waals surface area contributed by atoms with E-state index in [-0.39, 0.29) is 24.5 Å². The van der Waals surface area contributed by atoms with Gasteiger partial charge in [0, 0.05) is 20.3 Å². The second kappa shape index (κ2) is 19.2. The van der Waals surface area contributed by atoms with Crippen LogP contribution in [0.2, 0.25) is 0 Å². The molecule has 0 rings (SSSR count). The first-order chi connectivity index (χ1) is 15.1. The summed E-state index contributed by atoms with van der Waals surface area (Å²) < 4.78 is 11.0. The number of urea groups is 1. The molecule has 0 aromatic heterocycles. The second-order valence-electron chi connectivity index (χ2n) is 10.4. The van der Waals surface area contributed by atoms with E-state index in [4.69, 9.17) is 9.47 Å². The maximum atomic E-state index is 12.3. The predicted molar refractivity (Wildman–Crippen MR) is 132 cm³/mol. The summed E-state index contributed by atoms with van der Waals surface area (Å²) in [6.07, 6.45) is 12.5. The molecule has 1 atom stereocenters. The van der Waals surface area contributed by atoms with E-state index in [0.29, 0.717) is 30.1 Å². The van der Waals surface area contributed by atoms with Crippen LogP contribution in [0.1, 0.15) is 84.5 Å². The lowest BCUT2D eigenvalue weighted by Crippen LogP contribution is -2.52. The molecular formula is C25H52N3O4+. The van der Waals surface area contributed by atoms with Gasteiger partial charge in [0.2, 0.25) is 0 Å². The van der Waals surface area contributed by atoms with Crippen LogP contribution in [0.25, 0.3) is 0 Å². The summed E-state index contributed by atoms with van der Waals surface area (Å²) in [5, 5.41) is 5.90. The Kier molecular flexibility index (Phi) is 18.4. The lowest BCUT2D eigenvalue weighted by Gasteiger charge is -2.29. The fourth-order valence-corrected chi connectivity index (χ4v) is 3.57. The summed E-state index contributed by atoms with van der Waals surface area (Å²) in [6, 6.07) is -0.447. The van der Waals surface area contributed by atoms with Crippen LogP contribution in [0.5, 0.6) is 0 Å². The molecule has 0 heterocycles. The fourth-order valence-electron chi connectivity index (χ4n) is 3.57. The van der Waals surface area contributed by atoms with E-state index < -0.39 is 0 Å². The molecule has 0 aromatic carbocycles. The average Bonchev–Trinajstić information content (AvgIpc) is 2.68. The van der Waals surface area contributed by atoms with Crippen LogP contribution in [0, 0.1) is 5.92 Å². The van der Waals surface area contributed by atoms with Gasteiger partial charge in [0.25, 0.3) is 0 Å². The Bertz CT molecular complexity index is 478. The quantitative estimate of drug-likeness (QED) is 0.160. The summed E-state index contributed by atoms with van der Waals surface area (Å²) >= 11 is 0. The second-order valence-corrected chi connectivity index (χ2v) is 10.4. The van der Waals surface area contributed by atoms with Crippen LogP contribution < -0.4 is 10.6 Å². The highest BCUT2D eigenvalue weighted by atomic mass is 16.5. The molecular weight excluding hydrogens is 406 g/mol. The summed E-state index contributed by atoms with van der Waals surface area (Å²) in [4.78, 5) is 24.4. The zero-order chi connectivity index (χ0) is 24.2. The Morgan fingerprint density at radius 3 is 1.88 bits per heavy atom. The Labute approximate surface area is 197 Å². The Balaban J connectivity index is 3.90. The van der Waals surface area contributed by atoms with Crippen molar-refractivity contribution in [2.24, 2.45) is 5.92 Å². The van der Waals surface area contributed by atoms with E-state index in [0.717, 1.165) is 19.4 Å². The van der Waals surface area contributed by atoms with Crippen LogP contribution >= 0.6 is 0 Å². The number of hydrogen-bond donors (Lipinski definition) is 2. The number of nitrogens with zero attached hydrogens (tertiary/aromatic N) is 1. The smallest absolute Gasteiger partial charge is 0.315 e. The molecule has 0 aliphatic rings. The minimum atomic E-state index is -0.257. The standard InChI is InChI=1S/C25H51N3O4/c1-22(2)21-32-24(29)19-23(20-28(3,4)5)27-25(30)26-17-15-13-11-9-7-8-10-12-14-16-18-31-6/h22-23H,7-21H2,1-6H3,(H-,26,27,30)/p+1. The molecule has 0 aliphatic heterocycles. The van der Waals surface area contributed by atoms with Crippen molar-refractivity contribution in [3.05, 3.63) is 0 Å². The van der Waals surface area contributed by atoms with Crippen LogP contribution in [0.15, 0.2) is 0 Å². The molecule has 0 bridgehead atoms. The third kappa shape index (κ3) is 21.9. The third-order valence-corrected chi connectivity index (χ3v) is 5.15. The Hall–Kier alpha value is -1.34. The molecule has 0 aromatic rings. The number of likely N-dealkylation sites (N-methyl/N-ethyl adjacent to an activating group) is 1. The van der Waals surface area contributed by atoms with Gasteiger partial charge in [0.1, 0.15) is 0 Å². The normalized spacial score (nSPS) is 12.6. The number of methoxy groups -OCH3 is 1. The molecule has 7 nitrogen and oxygen atoms in total. The van der Waals surface area contributed by atoms with Gasteiger partial charge in [0.05, 0.1) is 46.8 Å². The first-order valence-electron chi connectivity index (χ1n) is 12.6. The van der Waals surface area contributed by atoms with E-state index in [1.165, 1.54) is 51.4 Å². The molecule has 1 unspecified atom stereocenters. The van der Waals surface area contributed by atoms with E-state index in [2.05, 4.69) is 10.6 Å². The molecule has 7 heteroatoms. The van der Waals surface area contributed by atoms with Gasteiger partial charge in [0.15, 0.2) is 0 Å². The molecule has 0 aliphatic carbocycles. The van der Waals surface area contributed by atoms with E-state index in [1.807, 2.05) is 35.0 Å². The number of carbonyl (C=O) groups excluding carboxylic acids is 2. The first-order valence-corrected chi connectivity index (χ1v) is 12.6. The number of quaternary nitrogens is 1. The Morgan fingerprint density at radius 1 is 0.844 bits per heavy atom. The van der Waals surface area contributed by atoms with Crippen molar-refractivity contribution in [2.45, 2.75) is 90.5 Å². The van der Waals surface area contributed by atoms with Gasteiger partial charge in [-0.25, -0.2) is 4.79 Å². The summed E-state index contributed by atoms with van der Waals surface area (Å²) in [7, 11) is 7.91. The maximum absolute atomic E-state index is 12.3. The molecule has 2 amide bonds. The van der Waals surface area contributed by atoms with Crippen LogP contribution in [0.3, 0.4) is 0 Å². The number of hydrogen-bond acceptors (Lipinski definition) is 4. The number of carbonyl (C=O) groups is 2. The highest BCUT2D eigenvalue weighted by Crippen LogP contribution is 2.10. The van der Waals surface area contributed by atoms with Gasteiger partial charge >= 0.3 is 12.0 Å². The molecule has 0 saturated carbocycles. The summed E-state index contributed by atoms with van der Waals surface area (Å²) in [5.74, 6) is 0.0468. The van der Waals surface area contributed by atoms with Gasteiger partial charge in [-0.05, 0) is 18.8 Å². The average molecular weight is 459 g/mol. The zero-order valence-corrected chi connectivity index (χ0v) is 21.8. The van der Waals surface area contributed by atoms with Crippen molar-refractivity contribution < 1.29 is 23.5 Å². The fraction of sp³-hybridized carbons (Fsp3) is 0.920. The minimum absolute atomic E-state index is 0.196. The highest BCUT2D eigenvalue weighted by Gasteiger charge is 2.23. The number of rotatable bonds is 20. The Morgan fingerprint density at radius 2 is 1.38 bits per heavy atom. The van der Waals surface area contributed by atoms with E-state index in [9.17, 15) is 9.59 Å². The van der Waals surface area contributed by atoms with Crippen molar-refractivity contribution in [1.29, 1.82) is 0 Å². The number of esters is 1. The monoisotopic (exact) mass is 458 g/mol. The lowest BCUT2D eigenvalue weighted by molar-refractivity contribution is -0.871. The molecule has 0 saturated heterocycles. The van der Waals surface area contributed by atoms with Crippen molar-refractivity contribution in [3.63, 3.8) is 0 Å². The SMILES string of the molecule is COCCCCCCCCCCCCNC(=O)NC(CC(=O)OCC(C)C)C[N+](C)(C)C. The lowest BCUT2D eigenvalue weighted by atomic mass is 10.1. The van der Waals surface area contributed by atoms with Crippen molar-refractivity contribution in [3.8, 4) is 0 Å². The third-order valence-electron chi connectivity index (χ3n) is 5.15. The van der Waals surface area contributed by atoms with Gasteiger partial charge in [-0.2, -0.15) is 0 Å². The summed E-state index contributed by atoms with van der Waals surface area (Å²) in [5.41, 5.74) is 0. The van der Waals surface area contributed by atoms with Gasteiger partial charge in [-0.3, -0.25) is 4.79 Å². The predicted octanol–water partition coefficient (Wildman–Crippen LogP) is 4.50. The van der Waals surface area contributed by atoms with E-state index >= 15 is 0 Å². The van der Waals surface area contributed by atoms with Gasteiger partial charge in [-0.1, -0.05) is 65.2 Å². The number of unbranched alkanes of at least 4 members (excludes halogenated alkanes) is 9. The molecule has 2 N–H and O–H groups in total. The van der Waals surface area contributed by atoms with Crippen molar-refractivity contribution >= 4 is 12.0 Å². The number of nitrogens with one attached hydrogen (secondary N) is 2. The van der Waals surface area contributed by atoms with Crippen molar-refractivity contribution in [2.75, 3.05) is 54.6 Å². The zero-order valence-electron chi connectivity index (χ0n) is 21.8. The van der Waals surface area contributed by atoms with Crippen LogP contribution in [-0.4, -0.2) is 77.1 Å². The summed E-state index contributed by atoms with van der Waals surface area (Å²) in [6.45, 7) is 6.64. The van der Waals surface area contributed by atoms with Crippen LogP contribution in [-0.2, 0) is 14.3 Å². The minimum Gasteiger partial charge on any atom is -0.465 e. The van der Waals surface area contributed by atoms with Gasteiger partial charge in [-0.15, -0.1) is 0 Å². The largest absolute Gasteiger partial charge is 0.465 e. The van der Waals surface area contributed by atoms with E-state index in [1.54, 1.807) is 7.11 Å². The number of amides is 2. The maximum Gasteiger partial charge on any atom is 0.315 e. The molecule has 190 valence electrons. The molecule has 0 fully saturated rings.